The van der Waals surface area contributed by atoms with Gasteiger partial charge in [0.1, 0.15) is 5.82 Å². The number of nitrogens with one attached hydrogen (secondary N) is 1. The number of hydrazine groups is 1. The molecule has 0 heterocycles. The minimum absolute atomic E-state index is 0.0400. The molecule has 0 aliphatic carbocycles. The number of thioether (sulfide) groups is 1. The molecule has 0 saturated carbocycles. The Morgan fingerprint density at radius 2 is 2.36 bits per heavy atom. The minimum Gasteiger partial charge on any atom is -0.271 e. The first-order chi connectivity index (χ1) is 6.77. The summed E-state index contributed by atoms with van der Waals surface area (Å²) in [4.78, 5) is 0. The highest BCUT2D eigenvalue weighted by molar-refractivity contribution is 7.98. The lowest BCUT2D eigenvalue weighted by atomic mass is 10.1. The largest absolute Gasteiger partial charge is 0.271 e. The van der Waals surface area contributed by atoms with E-state index in [0.717, 1.165) is 17.7 Å². The molecule has 0 bridgehead atoms. The van der Waals surface area contributed by atoms with E-state index >= 15 is 0 Å². The van der Waals surface area contributed by atoms with Gasteiger partial charge in [-0.05, 0) is 36.1 Å². The molecule has 0 amide bonds. The number of hydrogen-bond donors (Lipinski definition) is 2. The Hall–Kier alpha value is -0.580. The fourth-order valence-electron chi connectivity index (χ4n) is 1.31. The molecule has 1 aromatic rings. The van der Waals surface area contributed by atoms with E-state index in [-0.39, 0.29) is 11.9 Å². The van der Waals surface area contributed by atoms with Gasteiger partial charge in [0, 0.05) is 6.04 Å². The van der Waals surface area contributed by atoms with Crippen LogP contribution in [0.5, 0.6) is 0 Å². The van der Waals surface area contributed by atoms with E-state index < -0.39 is 0 Å². The number of rotatable bonds is 5. The van der Waals surface area contributed by atoms with Crippen molar-refractivity contribution in [2.75, 3.05) is 12.0 Å². The Kier molecular flexibility index (Phi) is 4.93. The maximum atomic E-state index is 12.9. The molecule has 0 aromatic heterocycles. The van der Waals surface area contributed by atoms with Crippen LogP contribution in [0, 0.1) is 5.82 Å². The summed E-state index contributed by atoms with van der Waals surface area (Å²) in [7, 11) is 0. The predicted molar refractivity (Wildman–Crippen MR) is 59.5 cm³/mol. The molecular weight excluding hydrogens is 199 g/mol. The Morgan fingerprint density at radius 1 is 1.57 bits per heavy atom. The molecule has 0 fully saturated rings. The number of hydrogen-bond acceptors (Lipinski definition) is 3. The van der Waals surface area contributed by atoms with Crippen molar-refractivity contribution in [3.8, 4) is 0 Å². The second kappa shape index (κ2) is 6.01. The van der Waals surface area contributed by atoms with E-state index in [1.54, 1.807) is 17.8 Å². The smallest absolute Gasteiger partial charge is 0.123 e. The fraction of sp³-hybridized carbons (Fsp3) is 0.400. The van der Waals surface area contributed by atoms with Gasteiger partial charge in [0.25, 0.3) is 0 Å². The molecule has 0 radical (unpaired) electrons. The van der Waals surface area contributed by atoms with E-state index in [0.29, 0.717) is 0 Å². The average molecular weight is 214 g/mol. The van der Waals surface area contributed by atoms with Crippen LogP contribution >= 0.6 is 11.8 Å². The highest BCUT2D eigenvalue weighted by Gasteiger charge is 2.09. The Bertz CT molecular complexity index is 281. The topological polar surface area (TPSA) is 38.0 Å². The molecule has 3 N–H and O–H groups in total. The van der Waals surface area contributed by atoms with Gasteiger partial charge in [-0.2, -0.15) is 11.8 Å². The lowest BCUT2D eigenvalue weighted by Crippen LogP contribution is -2.28. The summed E-state index contributed by atoms with van der Waals surface area (Å²) in [6, 6.07) is 6.58. The normalized spacial score (nSPS) is 12.8. The quantitative estimate of drug-likeness (QED) is 0.582. The molecular formula is C10H15FN2S. The van der Waals surface area contributed by atoms with Crippen LogP contribution in [-0.4, -0.2) is 12.0 Å². The van der Waals surface area contributed by atoms with E-state index in [9.17, 15) is 4.39 Å². The summed E-state index contributed by atoms with van der Waals surface area (Å²) >= 11 is 1.75. The maximum absolute atomic E-state index is 12.9. The molecule has 2 nitrogen and oxygen atoms in total. The summed E-state index contributed by atoms with van der Waals surface area (Å²) in [5.41, 5.74) is 3.60. The molecule has 14 heavy (non-hydrogen) atoms. The standard InChI is InChI=1S/C10H15FN2S/c1-14-6-5-10(13-12)8-3-2-4-9(11)7-8/h2-4,7,10,13H,5-6,12H2,1H3. The molecule has 1 aromatic carbocycles. The molecule has 1 atom stereocenters. The van der Waals surface area contributed by atoms with Crippen LogP contribution in [0.2, 0.25) is 0 Å². The zero-order valence-corrected chi connectivity index (χ0v) is 8.98. The highest BCUT2D eigenvalue weighted by atomic mass is 32.2. The van der Waals surface area contributed by atoms with Crippen LogP contribution in [0.15, 0.2) is 24.3 Å². The molecule has 78 valence electrons. The molecule has 0 aliphatic heterocycles. The van der Waals surface area contributed by atoms with Crippen molar-refractivity contribution in [1.29, 1.82) is 0 Å². The van der Waals surface area contributed by atoms with Crippen molar-refractivity contribution in [3.05, 3.63) is 35.6 Å². The van der Waals surface area contributed by atoms with Gasteiger partial charge in [-0.15, -0.1) is 0 Å². The van der Waals surface area contributed by atoms with Gasteiger partial charge in [-0.25, -0.2) is 4.39 Å². The molecule has 1 unspecified atom stereocenters. The monoisotopic (exact) mass is 214 g/mol. The van der Waals surface area contributed by atoms with Gasteiger partial charge in [0.15, 0.2) is 0 Å². The van der Waals surface area contributed by atoms with E-state index in [4.69, 9.17) is 5.84 Å². The Morgan fingerprint density at radius 3 is 2.93 bits per heavy atom. The van der Waals surface area contributed by atoms with Crippen LogP contribution in [-0.2, 0) is 0 Å². The average Bonchev–Trinajstić information content (AvgIpc) is 2.19. The van der Waals surface area contributed by atoms with Gasteiger partial charge < -0.3 is 0 Å². The Labute approximate surface area is 88.0 Å². The Balaban J connectivity index is 2.68. The zero-order valence-electron chi connectivity index (χ0n) is 8.16. The minimum atomic E-state index is -0.216. The summed E-state index contributed by atoms with van der Waals surface area (Å²) in [5, 5.41) is 0. The second-order valence-electron chi connectivity index (χ2n) is 3.06. The van der Waals surface area contributed by atoms with Crippen LogP contribution in [0.1, 0.15) is 18.0 Å². The van der Waals surface area contributed by atoms with Crippen molar-refractivity contribution < 1.29 is 4.39 Å². The second-order valence-corrected chi connectivity index (χ2v) is 4.04. The first-order valence-corrected chi connectivity index (χ1v) is 5.88. The van der Waals surface area contributed by atoms with Crippen molar-refractivity contribution in [2.45, 2.75) is 12.5 Å². The van der Waals surface area contributed by atoms with Gasteiger partial charge in [-0.1, -0.05) is 12.1 Å². The number of benzene rings is 1. The van der Waals surface area contributed by atoms with E-state index in [1.807, 2.05) is 12.3 Å². The molecule has 1 rings (SSSR count). The first-order valence-electron chi connectivity index (χ1n) is 4.48. The molecule has 0 saturated heterocycles. The summed E-state index contributed by atoms with van der Waals surface area (Å²) < 4.78 is 12.9. The van der Waals surface area contributed by atoms with Crippen molar-refractivity contribution in [3.63, 3.8) is 0 Å². The van der Waals surface area contributed by atoms with E-state index in [2.05, 4.69) is 5.43 Å². The molecule has 4 heteroatoms. The predicted octanol–water partition coefficient (Wildman–Crippen LogP) is 2.08. The molecule has 0 aliphatic rings. The maximum Gasteiger partial charge on any atom is 0.123 e. The number of nitrogens with two attached hydrogens (primary N) is 1. The summed E-state index contributed by atoms with van der Waals surface area (Å²) in [5.74, 6) is 6.20. The SMILES string of the molecule is CSCCC(NN)c1cccc(F)c1. The third-order valence-corrected chi connectivity index (χ3v) is 2.71. The number of halogens is 1. The van der Waals surface area contributed by atoms with Gasteiger partial charge in [-0.3, -0.25) is 11.3 Å². The lowest BCUT2D eigenvalue weighted by Gasteiger charge is -2.15. The van der Waals surface area contributed by atoms with Gasteiger partial charge in [0.05, 0.1) is 0 Å². The first kappa shape index (κ1) is 11.5. The van der Waals surface area contributed by atoms with Crippen molar-refractivity contribution in [1.82, 2.24) is 5.43 Å². The zero-order chi connectivity index (χ0) is 10.4. The fourth-order valence-corrected chi connectivity index (χ4v) is 1.78. The van der Waals surface area contributed by atoms with Gasteiger partial charge >= 0.3 is 0 Å². The molecule has 0 spiro atoms. The lowest BCUT2D eigenvalue weighted by molar-refractivity contribution is 0.536. The van der Waals surface area contributed by atoms with Crippen LogP contribution in [0.4, 0.5) is 4.39 Å². The van der Waals surface area contributed by atoms with E-state index in [1.165, 1.54) is 12.1 Å². The third kappa shape index (κ3) is 3.29. The van der Waals surface area contributed by atoms with Gasteiger partial charge in [0.2, 0.25) is 0 Å². The summed E-state index contributed by atoms with van der Waals surface area (Å²) in [6.07, 6.45) is 2.94. The van der Waals surface area contributed by atoms with Crippen LogP contribution < -0.4 is 11.3 Å². The third-order valence-electron chi connectivity index (χ3n) is 2.06. The van der Waals surface area contributed by atoms with Crippen LogP contribution in [0.3, 0.4) is 0 Å². The van der Waals surface area contributed by atoms with Crippen LogP contribution in [0.25, 0.3) is 0 Å². The van der Waals surface area contributed by atoms with Crippen molar-refractivity contribution in [2.24, 2.45) is 5.84 Å². The van der Waals surface area contributed by atoms with Crippen molar-refractivity contribution >= 4 is 11.8 Å². The summed E-state index contributed by atoms with van der Waals surface area (Å²) in [6.45, 7) is 0. The highest BCUT2D eigenvalue weighted by Crippen LogP contribution is 2.18.